The van der Waals surface area contributed by atoms with Crippen LogP contribution in [0.1, 0.15) is 21.5 Å². The molecule has 0 aliphatic carbocycles. The molecule has 110 valence electrons. The van der Waals surface area contributed by atoms with Crippen molar-refractivity contribution in [3.05, 3.63) is 53.1 Å². The summed E-state index contributed by atoms with van der Waals surface area (Å²) >= 11 is 0. The Balaban J connectivity index is 2.25. The number of aryl methyl sites for hydroxylation is 1. The lowest BCUT2D eigenvalue weighted by molar-refractivity contribution is 0.102. The molecule has 0 aliphatic rings. The van der Waals surface area contributed by atoms with Crippen LogP contribution >= 0.6 is 0 Å². The van der Waals surface area contributed by atoms with E-state index in [1.54, 1.807) is 12.1 Å². The van der Waals surface area contributed by atoms with Gasteiger partial charge in [0.05, 0.1) is 11.4 Å². The maximum Gasteiger partial charge on any atom is 0.255 e. The third kappa shape index (κ3) is 3.16. The summed E-state index contributed by atoms with van der Waals surface area (Å²) in [5.74, 6) is -0.152. The summed E-state index contributed by atoms with van der Waals surface area (Å²) in [4.78, 5) is 14.2. The Kier molecular flexibility index (Phi) is 4.17. The lowest BCUT2D eigenvalue weighted by Gasteiger charge is -2.16. The zero-order chi connectivity index (χ0) is 15.6. The fourth-order valence-electron chi connectivity index (χ4n) is 2.18. The van der Waals surface area contributed by atoms with Gasteiger partial charge in [0, 0.05) is 25.3 Å². The summed E-state index contributed by atoms with van der Waals surface area (Å²) in [6.45, 7) is 4.02. The van der Waals surface area contributed by atoms with Crippen LogP contribution in [-0.4, -0.2) is 20.0 Å². The second-order valence-electron chi connectivity index (χ2n) is 5.37. The maximum absolute atomic E-state index is 12.3. The first kappa shape index (κ1) is 14.9. The van der Waals surface area contributed by atoms with Crippen molar-refractivity contribution in [3.8, 4) is 0 Å². The second kappa shape index (κ2) is 5.87. The van der Waals surface area contributed by atoms with Gasteiger partial charge in [-0.2, -0.15) is 0 Å². The number of carbonyl (C=O) groups excluding carboxylic acids is 1. The molecule has 0 saturated heterocycles. The zero-order valence-corrected chi connectivity index (χ0v) is 12.9. The van der Waals surface area contributed by atoms with Crippen LogP contribution in [0.25, 0.3) is 0 Å². The Labute approximate surface area is 125 Å². The molecule has 0 radical (unpaired) electrons. The average Bonchev–Trinajstić information content (AvgIpc) is 2.43. The Morgan fingerprint density at radius 3 is 2.48 bits per heavy atom. The minimum absolute atomic E-state index is 0.152. The van der Waals surface area contributed by atoms with E-state index in [1.165, 1.54) is 0 Å². The zero-order valence-electron chi connectivity index (χ0n) is 12.9. The summed E-state index contributed by atoms with van der Waals surface area (Å²) in [6.07, 6.45) is 0. The van der Waals surface area contributed by atoms with Gasteiger partial charge < -0.3 is 16.0 Å². The molecule has 0 atom stereocenters. The van der Waals surface area contributed by atoms with Gasteiger partial charge in [-0.25, -0.2) is 0 Å². The first-order valence-corrected chi connectivity index (χ1v) is 6.84. The molecular weight excluding hydrogens is 262 g/mol. The molecule has 1 amide bonds. The van der Waals surface area contributed by atoms with Crippen molar-refractivity contribution < 1.29 is 4.79 Å². The predicted molar refractivity (Wildman–Crippen MR) is 89.1 cm³/mol. The van der Waals surface area contributed by atoms with Crippen molar-refractivity contribution >= 4 is 23.0 Å². The molecule has 0 aliphatic heterocycles. The molecular formula is C17H21N3O. The molecule has 2 aromatic rings. The summed E-state index contributed by atoms with van der Waals surface area (Å²) in [7, 11) is 3.84. The highest BCUT2D eigenvalue weighted by atomic mass is 16.1. The van der Waals surface area contributed by atoms with Gasteiger partial charge in [-0.05, 0) is 49.2 Å². The highest BCUT2D eigenvalue weighted by Crippen LogP contribution is 2.24. The number of amides is 1. The van der Waals surface area contributed by atoms with Gasteiger partial charge in [0.25, 0.3) is 5.91 Å². The Hall–Kier alpha value is -2.49. The van der Waals surface area contributed by atoms with Crippen LogP contribution in [0.15, 0.2) is 36.4 Å². The van der Waals surface area contributed by atoms with Crippen molar-refractivity contribution in [1.82, 2.24) is 0 Å². The Morgan fingerprint density at radius 2 is 1.86 bits per heavy atom. The first-order valence-electron chi connectivity index (χ1n) is 6.84. The average molecular weight is 283 g/mol. The molecule has 0 fully saturated rings. The molecule has 4 heteroatoms. The van der Waals surface area contributed by atoms with Crippen molar-refractivity contribution in [2.75, 3.05) is 30.0 Å². The van der Waals surface area contributed by atoms with Crippen LogP contribution < -0.4 is 16.0 Å². The number of carbonyl (C=O) groups is 1. The number of benzene rings is 2. The van der Waals surface area contributed by atoms with Crippen molar-refractivity contribution in [1.29, 1.82) is 0 Å². The van der Waals surface area contributed by atoms with E-state index in [0.717, 1.165) is 22.5 Å². The fourth-order valence-corrected chi connectivity index (χ4v) is 2.18. The number of hydrogen-bond donors (Lipinski definition) is 2. The van der Waals surface area contributed by atoms with E-state index in [-0.39, 0.29) is 5.91 Å². The molecule has 0 saturated carbocycles. The molecule has 0 spiro atoms. The van der Waals surface area contributed by atoms with E-state index >= 15 is 0 Å². The third-order valence-corrected chi connectivity index (χ3v) is 3.62. The topological polar surface area (TPSA) is 58.4 Å². The van der Waals surface area contributed by atoms with Crippen LogP contribution in [0.4, 0.5) is 17.1 Å². The normalized spacial score (nSPS) is 10.3. The lowest BCUT2D eigenvalue weighted by Crippen LogP contribution is -2.15. The number of hydrogen-bond acceptors (Lipinski definition) is 3. The predicted octanol–water partition coefficient (Wildman–Crippen LogP) is 3.20. The van der Waals surface area contributed by atoms with E-state index in [9.17, 15) is 4.79 Å². The van der Waals surface area contributed by atoms with E-state index in [4.69, 9.17) is 5.73 Å². The van der Waals surface area contributed by atoms with Crippen LogP contribution in [-0.2, 0) is 0 Å². The van der Waals surface area contributed by atoms with Crippen LogP contribution in [0, 0.1) is 13.8 Å². The van der Waals surface area contributed by atoms with Gasteiger partial charge in [0.15, 0.2) is 0 Å². The van der Waals surface area contributed by atoms with Crippen LogP contribution in [0.2, 0.25) is 0 Å². The highest BCUT2D eigenvalue weighted by molar-refractivity contribution is 6.05. The number of nitrogens with two attached hydrogens (primary N) is 1. The molecule has 2 aromatic carbocycles. The molecule has 2 rings (SSSR count). The van der Waals surface area contributed by atoms with E-state index in [0.29, 0.717) is 11.3 Å². The summed E-state index contributed by atoms with van der Waals surface area (Å²) in [5.41, 5.74) is 11.1. The smallest absolute Gasteiger partial charge is 0.255 e. The second-order valence-corrected chi connectivity index (χ2v) is 5.37. The largest absolute Gasteiger partial charge is 0.397 e. The number of rotatable bonds is 3. The Bertz CT molecular complexity index is 678. The first-order chi connectivity index (χ1) is 9.90. The maximum atomic E-state index is 12.3. The van der Waals surface area contributed by atoms with E-state index in [1.807, 2.05) is 57.1 Å². The minimum atomic E-state index is -0.152. The molecule has 0 heterocycles. The molecule has 4 nitrogen and oxygen atoms in total. The van der Waals surface area contributed by atoms with E-state index in [2.05, 4.69) is 5.32 Å². The summed E-state index contributed by atoms with van der Waals surface area (Å²) in [5, 5.41) is 2.94. The number of nitrogen functional groups attached to an aromatic ring is 1. The quantitative estimate of drug-likeness (QED) is 0.850. The summed E-state index contributed by atoms with van der Waals surface area (Å²) in [6, 6.07) is 11.2. The molecule has 0 unspecified atom stereocenters. The lowest BCUT2D eigenvalue weighted by atomic mass is 10.1. The van der Waals surface area contributed by atoms with Gasteiger partial charge in [-0.15, -0.1) is 0 Å². The molecule has 0 aromatic heterocycles. The van der Waals surface area contributed by atoms with Crippen molar-refractivity contribution in [2.45, 2.75) is 13.8 Å². The number of nitrogens with zero attached hydrogens (tertiary/aromatic N) is 1. The van der Waals surface area contributed by atoms with Gasteiger partial charge in [0.2, 0.25) is 0 Å². The van der Waals surface area contributed by atoms with Gasteiger partial charge in [-0.1, -0.05) is 12.1 Å². The fraction of sp³-hybridized carbons (Fsp3) is 0.235. The monoisotopic (exact) mass is 283 g/mol. The standard InChI is InChI=1S/C17H21N3O/c1-11-6-5-7-15(12(11)2)19-17(21)13-8-9-16(20(3)4)14(18)10-13/h5-10H,18H2,1-4H3,(H,19,21). The SMILES string of the molecule is Cc1cccc(NC(=O)c2ccc(N(C)C)c(N)c2)c1C. The van der Waals surface area contributed by atoms with Gasteiger partial charge in [0.1, 0.15) is 0 Å². The third-order valence-electron chi connectivity index (χ3n) is 3.62. The van der Waals surface area contributed by atoms with Gasteiger partial charge >= 0.3 is 0 Å². The molecule has 0 bridgehead atoms. The van der Waals surface area contributed by atoms with Crippen molar-refractivity contribution in [2.24, 2.45) is 0 Å². The van der Waals surface area contributed by atoms with E-state index < -0.39 is 0 Å². The number of nitrogens with one attached hydrogen (secondary N) is 1. The Morgan fingerprint density at radius 1 is 1.14 bits per heavy atom. The van der Waals surface area contributed by atoms with Crippen LogP contribution in [0.3, 0.4) is 0 Å². The van der Waals surface area contributed by atoms with Crippen LogP contribution in [0.5, 0.6) is 0 Å². The highest BCUT2D eigenvalue weighted by Gasteiger charge is 2.11. The number of anilines is 3. The summed E-state index contributed by atoms with van der Waals surface area (Å²) < 4.78 is 0. The minimum Gasteiger partial charge on any atom is -0.397 e. The molecule has 21 heavy (non-hydrogen) atoms. The molecule has 3 N–H and O–H groups in total. The van der Waals surface area contributed by atoms with Crippen molar-refractivity contribution in [3.63, 3.8) is 0 Å². The van der Waals surface area contributed by atoms with Gasteiger partial charge in [-0.3, -0.25) is 4.79 Å².